The molecule has 0 spiro atoms. The van der Waals surface area contributed by atoms with Crippen molar-refractivity contribution in [2.24, 2.45) is 0 Å². The Hall–Kier alpha value is -1.69. The lowest BCUT2D eigenvalue weighted by Gasteiger charge is -2.17. The fourth-order valence-corrected chi connectivity index (χ4v) is 2.17. The summed E-state index contributed by atoms with van der Waals surface area (Å²) in [5, 5.41) is 10.6. The van der Waals surface area contributed by atoms with E-state index in [1.54, 1.807) is 6.07 Å². The molecule has 0 radical (unpaired) electrons. The van der Waals surface area contributed by atoms with E-state index in [4.69, 9.17) is 4.74 Å². The maximum Gasteiger partial charge on any atom is 0.273 e. The van der Waals surface area contributed by atoms with Gasteiger partial charge in [-0.3, -0.25) is 10.1 Å². The first-order valence-corrected chi connectivity index (χ1v) is 6.39. The van der Waals surface area contributed by atoms with Crippen LogP contribution in [0.25, 0.3) is 0 Å². The molecule has 0 bridgehead atoms. The number of hydrogen-bond acceptors (Lipinski definition) is 4. The Kier molecular flexibility index (Phi) is 4.68. The lowest BCUT2D eigenvalue weighted by molar-refractivity contribution is -0.384. The number of nitro groups is 1. The third-order valence-electron chi connectivity index (χ3n) is 3.11. The van der Waals surface area contributed by atoms with Crippen LogP contribution >= 0.6 is 0 Å². The Bertz CT molecular complexity index is 436. The summed E-state index contributed by atoms with van der Waals surface area (Å²) in [5.41, 5.74) is -0.0487. The zero-order valence-corrected chi connectivity index (χ0v) is 10.6. The summed E-state index contributed by atoms with van der Waals surface area (Å²) in [6.45, 7) is 2.18. The average molecular weight is 268 g/mol. The lowest BCUT2D eigenvalue weighted by Crippen LogP contribution is -2.31. The van der Waals surface area contributed by atoms with Crippen molar-refractivity contribution in [1.29, 1.82) is 0 Å². The van der Waals surface area contributed by atoms with Crippen molar-refractivity contribution in [3.05, 3.63) is 34.4 Å². The van der Waals surface area contributed by atoms with E-state index < -0.39 is 11.1 Å². The van der Waals surface area contributed by atoms with Crippen LogP contribution in [-0.4, -0.2) is 42.2 Å². The molecule has 1 aromatic carbocycles. The highest BCUT2D eigenvalue weighted by atomic mass is 19.1. The molecule has 0 amide bonds. The first-order valence-electron chi connectivity index (χ1n) is 6.39. The number of likely N-dealkylation sites (tertiary alicyclic amines) is 1. The standard InChI is InChI=1S/C13H17FN2O3/c14-11(9-15-6-1-2-7-15)10-19-13-5-3-4-12(8-13)16(17)18/h3-5,8,11H,1-2,6-7,9-10H2. The fraction of sp³-hybridized carbons (Fsp3) is 0.538. The van der Waals surface area contributed by atoms with Gasteiger partial charge in [0, 0.05) is 12.6 Å². The molecule has 1 aliphatic rings. The number of benzene rings is 1. The SMILES string of the molecule is O=[N+]([O-])c1cccc(OCC(F)CN2CCCC2)c1. The van der Waals surface area contributed by atoms with Gasteiger partial charge >= 0.3 is 0 Å². The highest BCUT2D eigenvalue weighted by Crippen LogP contribution is 2.19. The van der Waals surface area contributed by atoms with Gasteiger partial charge in [-0.1, -0.05) is 6.07 Å². The number of nitrogens with zero attached hydrogens (tertiary/aromatic N) is 2. The molecular formula is C13H17FN2O3. The number of hydrogen-bond donors (Lipinski definition) is 0. The highest BCUT2D eigenvalue weighted by molar-refractivity contribution is 5.37. The smallest absolute Gasteiger partial charge is 0.273 e. The first kappa shape index (κ1) is 13.7. The molecule has 1 atom stereocenters. The molecule has 19 heavy (non-hydrogen) atoms. The van der Waals surface area contributed by atoms with Gasteiger partial charge in [-0.2, -0.15) is 0 Å². The van der Waals surface area contributed by atoms with E-state index in [0.29, 0.717) is 12.3 Å². The van der Waals surface area contributed by atoms with E-state index in [9.17, 15) is 14.5 Å². The van der Waals surface area contributed by atoms with Gasteiger partial charge in [-0.05, 0) is 32.0 Å². The summed E-state index contributed by atoms with van der Waals surface area (Å²) >= 11 is 0. The van der Waals surface area contributed by atoms with E-state index in [0.717, 1.165) is 25.9 Å². The minimum Gasteiger partial charge on any atom is -0.490 e. The van der Waals surface area contributed by atoms with Crippen LogP contribution in [0.1, 0.15) is 12.8 Å². The predicted molar refractivity (Wildman–Crippen MR) is 69.2 cm³/mol. The Morgan fingerprint density at radius 1 is 1.42 bits per heavy atom. The van der Waals surface area contributed by atoms with Crippen LogP contribution in [-0.2, 0) is 0 Å². The van der Waals surface area contributed by atoms with Crippen molar-refractivity contribution in [3.63, 3.8) is 0 Å². The van der Waals surface area contributed by atoms with Crippen LogP contribution < -0.4 is 4.74 Å². The second-order valence-corrected chi connectivity index (χ2v) is 4.67. The highest BCUT2D eigenvalue weighted by Gasteiger charge is 2.17. The van der Waals surface area contributed by atoms with Gasteiger partial charge in [0.05, 0.1) is 11.0 Å². The summed E-state index contributed by atoms with van der Waals surface area (Å²) in [7, 11) is 0. The minimum atomic E-state index is -1.07. The van der Waals surface area contributed by atoms with E-state index in [1.807, 2.05) is 0 Å². The molecule has 0 saturated carbocycles. The van der Waals surface area contributed by atoms with Gasteiger partial charge in [0.25, 0.3) is 5.69 Å². The maximum atomic E-state index is 13.7. The number of non-ortho nitro benzene ring substituents is 1. The van der Waals surface area contributed by atoms with E-state index >= 15 is 0 Å². The molecule has 0 N–H and O–H groups in total. The largest absolute Gasteiger partial charge is 0.490 e. The molecule has 1 saturated heterocycles. The molecule has 1 heterocycles. The molecule has 1 aromatic rings. The third-order valence-corrected chi connectivity index (χ3v) is 3.11. The first-order chi connectivity index (χ1) is 9.15. The summed E-state index contributed by atoms with van der Waals surface area (Å²) in [5.74, 6) is 0.332. The predicted octanol–water partition coefficient (Wildman–Crippen LogP) is 2.41. The zero-order chi connectivity index (χ0) is 13.7. The normalized spacial score (nSPS) is 17.3. The van der Waals surface area contributed by atoms with Crippen molar-refractivity contribution in [2.45, 2.75) is 19.0 Å². The van der Waals surface area contributed by atoms with E-state index in [1.165, 1.54) is 18.2 Å². The number of alkyl halides is 1. The van der Waals surface area contributed by atoms with Gasteiger partial charge in [0.1, 0.15) is 18.5 Å². The van der Waals surface area contributed by atoms with Crippen molar-refractivity contribution in [3.8, 4) is 5.75 Å². The molecule has 1 unspecified atom stereocenters. The Balaban J connectivity index is 1.80. The van der Waals surface area contributed by atoms with Gasteiger partial charge in [0.2, 0.25) is 0 Å². The summed E-state index contributed by atoms with van der Waals surface area (Å²) in [4.78, 5) is 12.2. The van der Waals surface area contributed by atoms with Crippen molar-refractivity contribution in [2.75, 3.05) is 26.2 Å². The third kappa shape index (κ3) is 4.17. The van der Waals surface area contributed by atoms with Crippen LogP contribution in [0, 0.1) is 10.1 Å². The average Bonchev–Trinajstić information content (AvgIpc) is 2.89. The fourth-order valence-electron chi connectivity index (χ4n) is 2.17. The van der Waals surface area contributed by atoms with E-state index in [-0.39, 0.29) is 12.3 Å². The Morgan fingerprint density at radius 2 is 2.16 bits per heavy atom. The van der Waals surface area contributed by atoms with Crippen LogP contribution in [0.15, 0.2) is 24.3 Å². The van der Waals surface area contributed by atoms with Gasteiger partial charge in [-0.15, -0.1) is 0 Å². The molecule has 0 aliphatic carbocycles. The van der Waals surface area contributed by atoms with Crippen molar-refractivity contribution < 1.29 is 14.1 Å². The van der Waals surface area contributed by atoms with Crippen LogP contribution in [0.4, 0.5) is 10.1 Å². The molecular weight excluding hydrogens is 251 g/mol. The van der Waals surface area contributed by atoms with Gasteiger partial charge in [0.15, 0.2) is 0 Å². The molecule has 5 nitrogen and oxygen atoms in total. The monoisotopic (exact) mass is 268 g/mol. The molecule has 1 aliphatic heterocycles. The minimum absolute atomic E-state index is 0.0487. The van der Waals surface area contributed by atoms with Crippen molar-refractivity contribution >= 4 is 5.69 Å². The zero-order valence-electron chi connectivity index (χ0n) is 10.6. The number of rotatable bonds is 6. The molecule has 6 heteroatoms. The van der Waals surface area contributed by atoms with Gasteiger partial charge < -0.3 is 9.64 Å². The number of nitro benzene ring substituents is 1. The second-order valence-electron chi connectivity index (χ2n) is 4.67. The molecule has 1 fully saturated rings. The summed E-state index contributed by atoms with van der Waals surface area (Å²) < 4.78 is 19.0. The van der Waals surface area contributed by atoms with Crippen LogP contribution in [0.2, 0.25) is 0 Å². The molecule has 104 valence electrons. The van der Waals surface area contributed by atoms with Crippen LogP contribution in [0.5, 0.6) is 5.75 Å². The van der Waals surface area contributed by atoms with Crippen molar-refractivity contribution in [1.82, 2.24) is 4.90 Å². The quantitative estimate of drug-likeness (QED) is 0.587. The molecule has 2 rings (SSSR count). The van der Waals surface area contributed by atoms with E-state index in [2.05, 4.69) is 4.90 Å². The molecule has 0 aromatic heterocycles. The number of ether oxygens (including phenoxy) is 1. The second kappa shape index (κ2) is 6.47. The summed E-state index contributed by atoms with van der Waals surface area (Å²) in [6.07, 6.45) is 1.18. The Labute approximate surface area is 111 Å². The topological polar surface area (TPSA) is 55.6 Å². The van der Waals surface area contributed by atoms with Gasteiger partial charge in [-0.25, -0.2) is 4.39 Å². The number of halogens is 1. The van der Waals surface area contributed by atoms with Crippen LogP contribution in [0.3, 0.4) is 0 Å². The Morgan fingerprint density at radius 3 is 2.84 bits per heavy atom. The lowest BCUT2D eigenvalue weighted by atomic mass is 10.3. The summed E-state index contributed by atoms with van der Waals surface area (Å²) in [6, 6.07) is 5.81. The maximum absolute atomic E-state index is 13.7.